The van der Waals surface area contributed by atoms with Gasteiger partial charge in [-0.3, -0.25) is 9.69 Å². The molecule has 6 heteroatoms. The lowest BCUT2D eigenvalue weighted by Crippen LogP contribution is -2.35. The number of nitrogens with one attached hydrogen (secondary N) is 1. The van der Waals surface area contributed by atoms with E-state index in [1.807, 2.05) is 6.26 Å². The summed E-state index contributed by atoms with van der Waals surface area (Å²) in [6, 6.07) is 2.15. The summed E-state index contributed by atoms with van der Waals surface area (Å²) in [7, 11) is 0. The first-order chi connectivity index (χ1) is 9.67. The van der Waals surface area contributed by atoms with E-state index in [9.17, 15) is 4.79 Å². The highest BCUT2D eigenvalue weighted by Crippen LogP contribution is 2.22. The number of rotatable bonds is 3. The molecule has 1 N–H and O–H groups in total. The Labute approximate surface area is 126 Å². The van der Waals surface area contributed by atoms with Crippen molar-refractivity contribution in [3.05, 3.63) is 43.5 Å². The minimum absolute atomic E-state index is 0.0203. The lowest BCUT2D eigenvalue weighted by atomic mass is 10.1. The monoisotopic (exact) mass is 307 g/mol. The van der Waals surface area contributed by atoms with Crippen LogP contribution in [-0.2, 0) is 19.5 Å². The maximum atomic E-state index is 12.1. The SMILES string of the molecule is CSc1nc2c(c(=O)[nH]1)CN(Cc1sccc1C)CC2. The number of aryl methyl sites for hydroxylation is 1. The molecule has 0 saturated carbocycles. The molecule has 0 aromatic carbocycles. The van der Waals surface area contributed by atoms with Gasteiger partial charge in [0.05, 0.1) is 11.3 Å². The first-order valence-electron chi connectivity index (χ1n) is 6.58. The Hall–Kier alpha value is -1.11. The van der Waals surface area contributed by atoms with Crippen LogP contribution in [-0.4, -0.2) is 27.7 Å². The van der Waals surface area contributed by atoms with Crippen molar-refractivity contribution in [2.45, 2.75) is 31.6 Å². The maximum Gasteiger partial charge on any atom is 0.256 e. The molecule has 1 aliphatic rings. The zero-order valence-electron chi connectivity index (χ0n) is 11.6. The van der Waals surface area contributed by atoms with Gasteiger partial charge in [0.1, 0.15) is 0 Å². The average Bonchev–Trinajstić information content (AvgIpc) is 2.85. The molecule has 0 bridgehead atoms. The summed E-state index contributed by atoms with van der Waals surface area (Å²) < 4.78 is 0. The van der Waals surface area contributed by atoms with E-state index in [0.717, 1.165) is 35.9 Å². The molecule has 3 heterocycles. The van der Waals surface area contributed by atoms with E-state index in [1.54, 1.807) is 11.3 Å². The summed E-state index contributed by atoms with van der Waals surface area (Å²) in [6.07, 6.45) is 2.79. The zero-order valence-corrected chi connectivity index (χ0v) is 13.2. The van der Waals surface area contributed by atoms with Crippen LogP contribution < -0.4 is 5.56 Å². The van der Waals surface area contributed by atoms with Gasteiger partial charge < -0.3 is 4.98 Å². The number of fused-ring (bicyclic) bond motifs is 1. The largest absolute Gasteiger partial charge is 0.301 e. The molecule has 2 aromatic rings. The van der Waals surface area contributed by atoms with Gasteiger partial charge in [0, 0.05) is 30.9 Å². The van der Waals surface area contributed by atoms with E-state index < -0.39 is 0 Å². The Balaban J connectivity index is 1.82. The van der Waals surface area contributed by atoms with Crippen molar-refractivity contribution in [2.24, 2.45) is 0 Å². The number of nitrogens with zero attached hydrogens (tertiary/aromatic N) is 2. The van der Waals surface area contributed by atoms with Crippen LogP contribution in [0.1, 0.15) is 21.7 Å². The fourth-order valence-electron chi connectivity index (χ4n) is 2.46. The first-order valence-corrected chi connectivity index (χ1v) is 8.69. The second-order valence-corrected chi connectivity index (χ2v) is 6.78. The Morgan fingerprint density at radius 3 is 3.10 bits per heavy atom. The van der Waals surface area contributed by atoms with Crippen LogP contribution in [0.2, 0.25) is 0 Å². The van der Waals surface area contributed by atoms with Gasteiger partial charge in [-0.05, 0) is 30.2 Å². The van der Waals surface area contributed by atoms with Crippen molar-refractivity contribution in [1.29, 1.82) is 0 Å². The Kier molecular flexibility index (Phi) is 3.96. The third-order valence-electron chi connectivity index (χ3n) is 3.65. The number of aromatic nitrogens is 2. The molecule has 0 spiro atoms. The fourth-order valence-corrected chi connectivity index (χ4v) is 3.80. The molecule has 20 heavy (non-hydrogen) atoms. The fraction of sp³-hybridized carbons (Fsp3) is 0.429. The second kappa shape index (κ2) is 5.71. The third-order valence-corrected chi connectivity index (χ3v) is 5.24. The van der Waals surface area contributed by atoms with Crippen LogP contribution in [0.4, 0.5) is 0 Å². The molecule has 0 unspecified atom stereocenters. The van der Waals surface area contributed by atoms with Crippen molar-refractivity contribution in [1.82, 2.24) is 14.9 Å². The summed E-state index contributed by atoms with van der Waals surface area (Å²) in [6.45, 7) is 4.73. The van der Waals surface area contributed by atoms with Gasteiger partial charge in [0.15, 0.2) is 5.16 Å². The van der Waals surface area contributed by atoms with Crippen molar-refractivity contribution >= 4 is 23.1 Å². The molecule has 0 saturated heterocycles. The molecule has 0 aliphatic carbocycles. The van der Waals surface area contributed by atoms with Gasteiger partial charge >= 0.3 is 0 Å². The van der Waals surface area contributed by atoms with E-state index in [1.165, 1.54) is 22.2 Å². The molecular weight excluding hydrogens is 290 g/mol. The minimum Gasteiger partial charge on any atom is -0.301 e. The molecule has 0 radical (unpaired) electrons. The molecule has 106 valence electrons. The summed E-state index contributed by atoms with van der Waals surface area (Å²) in [5.74, 6) is 0. The van der Waals surface area contributed by atoms with Crippen molar-refractivity contribution in [3.63, 3.8) is 0 Å². The molecule has 0 amide bonds. The highest BCUT2D eigenvalue weighted by molar-refractivity contribution is 7.98. The van der Waals surface area contributed by atoms with Crippen molar-refractivity contribution < 1.29 is 0 Å². The number of aromatic amines is 1. The molecule has 3 rings (SSSR count). The normalized spacial score (nSPS) is 15.3. The van der Waals surface area contributed by atoms with Crippen molar-refractivity contribution in [3.8, 4) is 0 Å². The highest BCUT2D eigenvalue weighted by atomic mass is 32.2. The van der Waals surface area contributed by atoms with Gasteiger partial charge in [0.25, 0.3) is 5.56 Å². The lowest BCUT2D eigenvalue weighted by molar-refractivity contribution is 0.242. The standard InChI is InChI=1S/C14H17N3OS2/c1-9-4-6-20-12(9)8-17-5-3-11-10(7-17)13(18)16-14(15-11)19-2/h4,6H,3,5,7-8H2,1-2H3,(H,15,16,18). The van der Waals surface area contributed by atoms with Crippen molar-refractivity contribution in [2.75, 3.05) is 12.8 Å². The molecule has 2 aromatic heterocycles. The highest BCUT2D eigenvalue weighted by Gasteiger charge is 2.21. The molecule has 4 nitrogen and oxygen atoms in total. The third kappa shape index (κ3) is 2.68. The number of hydrogen-bond donors (Lipinski definition) is 1. The predicted octanol–water partition coefficient (Wildman–Crippen LogP) is 2.42. The van der Waals surface area contributed by atoms with Gasteiger partial charge in [-0.1, -0.05) is 11.8 Å². The minimum atomic E-state index is 0.0203. The van der Waals surface area contributed by atoms with Crippen LogP contribution in [0.25, 0.3) is 0 Å². The Morgan fingerprint density at radius 1 is 1.55 bits per heavy atom. The summed E-state index contributed by atoms with van der Waals surface area (Å²) in [5, 5.41) is 2.85. The smallest absolute Gasteiger partial charge is 0.256 e. The lowest BCUT2D eigenvalue weighted by Gasteiger charge is -2.27. The van der Waals surface area contributed by atoms with Gasteiger partial charge in [0.2, 0.25) is 0 Å². The second-order valence-electron chi connectivity index (χ2n) is 4.99. The van der Waals surface area contributed by atoms with Crippen LogP contribution in [0.5, 0.6) is 0 Å². The van der Waals surface area contributed by atoms with Crippen LogP contribution in [0, 0.1) is 6.92 Å². The number of thioether (sulfide) groups is 1. The van der Waals surface area contributed by atoms with E-state index in [2.05, 4.69) is 33.2 Å². The Morgan fingerprint density at radius 2 is 2.40 bits per heavy atom. The van der Waals surface area contributed by atoms with Gasteiger partial charge in [-0.25, -0.2) is 4.98 Å². The zero-order chi connectivity index (χ0) is 14.1. The van der Waals surface area contributed by atoms with Gasteiger partial charge in [-0.2, -0.15) is 0 Å². The summed E-state index contributed by atoms with van der Waals surface area (Å²) >= 11 is 3.27. The summed E-state index contributed by atoms with van der Waals surface area (Å²) in [4.78, 5) is 23.2. The number of H-pyrrole nitrogens is 1. The average molecular weight is 307 g/mol. The molecule has 0 fully saturated rings. The quantitative estimate of drug-likeness (QED) is 0.699. The maximum absolute atomic E-state index is 12.1. The van der Waals surface area contributed by atoms with E-state index in [4.69, 9.17) is 0 Å². The van der Waals surface area contributed by atoms with Crippen LogP contribution in [0.3, 0.4) is 0 Å². The number of thiophene rings is 1. The topological polar surface area (TPSA) is 49.0 Å². The van der Waals surface area contributed by atoms with Crippen LogP contribution in [0.15, 0.2) is 21.4 Å². The predicted molar refractivity (Wildman–Crippen MR) is 83.5 cm³/mol. The van der Waals surface area contributed by atoms with E-state index in [0.29, 0.717) is 6.54 Å². The molecule has 0 atom stereocenters. The van der Waals surface area contributed by atoms with Gasteiger partial charge in [-0.15, -0.1) is 11.3 Å². The van der Waals surface area contributed by atoms with E-state index >= 15 is 0 Å². The Bertz CT molecular complexity index is 677. The van der Waals surface area contributed by atoms with Crippen LogP contribution >= 0.6 is 23.1 Å². The first kappa shape index (κ1) is 13.9. The molecular formula is C14H17N3OS2. The summed E-state index contributed by atoms with van der Waals surface area (Å²) in [5.41, 5.74) is 3.16. The number of hydrogen-bond acceptors (Lipinski definition) is 5. The molecule has 1 aliphatic heterocycles. The van der Waals surface area contributed by atoms with E-state index in [-0.39, 0.29) is 5.56 Å².